The number of ether oxygens (including phenoxy) is 2. The van der Waals surface area contributed by atoms with Crippen molar-refractivity contribution in [3.8, 4) is 6.07 Å². The van der Waals surface area contributed by atoms with E-state index < -0.39 is 0 Å². The Morgan fingerprint density at radius 1 is 1.24 bits per heavy atom. The van der Waals surface area contributed by atoms with E-state index in [9.17, 15) is 0 Å². The van der Waals surface area contributed by atoms with Crippen LogP contribution in [0.5, 0.6) is 0 Å². The Balaban J connectivity index is 1.56. The van der Waals surface area contributed by atoms with Crippen LogP contribution >= 0.6 is 0 Å². The summed E-state index contributed by atoms with van der Waals surface area (Å²) in [6, 6.07) is 2.03. The predicted molar refractivity (Wildman–Crippen MR) is 76.5 cm³/mol. The Morgan fingerprint density at radius 2 is 2.00 bits per heavy atom. The summed E-state index contributed by atoms with van der Waals surface area (Å²) in [6.07, 6.45) is 9.92. The van der Waals surface area contributed by atoms with E-state index in [1.807, 2.05) is 6.07 Å². The van der Waals surface area contributed by atoms with Crippen LogP contribution in [0.3, 0.4) is 0 Å². The molecule has 2 heterocycles. The molecular weight excluding hydrogens is 268 g/mol. The quantitative estimate of drug-likeness (QED) is 0.918. The van der Waals surface area contributed by atoms with Crippen molar-refractivity contribution in [2.75, 3.05) is 18.5 Å². The van der Waals surface area contributed by atoms with Gasteiger partial charge in [0.1, 0.15) is 12.2 Å². The Labute approximate surface area is 124 Å². The van der Waals surface area contributed by atoms with E-state index in [-0.39, 0.29) is 11.9 Å². The Bertz CT molecular complexity index is 521. The third-order valence-corrected chi connectivity index (χ3v) is 4.08. The van der Waals surface area contributed by atoms with Crippen LogP contribution in [0.15, 0.2) is 12.4 Å². The number of aromatic nitrogens is 2. The topological polar surface area (TPSA) is 80.1 Å². The molecular formula is C15H20N4O2. The fourth-order valence-corrected chi connectivity index (χ4v) is 3.01. The fraction of sp³-hybridized carbons (Fsp3) is 0.667. The Hall–Kier alpha value is -1.71. The maximum absolute atomic E-state index is 8.99. The number of hydrogen-bond donors (Lipinski definition) is 1. The number of hydrogen-bond acceptors (Lipinski definition) is 6. The third kappa shape index (κ3) is 3.31. The summed E-state index contributed by atoms with van der Waals surface area (Å²) >= 11 is 0. The van der Waals surface area contributed by atoms with Gasteiger partial charge in [0.2, 0.25) is 0 Å². The lowest BCUT2D eigenvalue weighted by Gasteiger charge is -2.26. The van der Waals surface area contributed by atoms with Gasteiger partial charge >= 0.3 is 0 Å². The molecule has 1 saturated carbocycles. The van der Waals surface area contributed by atoms with Crippen molar-refractivity contribution >= 4 is 5.82 Å². The summed E-state index contributed by atoms with van der Waals surface area (Å²) in [5, 5.41) is 12.1. The summed E-state index contributed by atoms with van der Waals surface area (Å²) in [7, 11) is 0. The van der Waals surface area contributed by atoms with Gasteiger partial charge in [-0.3, -0.25) is 0 Å². The van der Waals surface area contributed by atoms with E-state index >= 15 is 0 Å². The second-order valence-electron chi connectivity index (χ2n) is 5.62. The number of nitriles is 1. The molecule has 1 aromatic rings. The summed E-state index contributed by atoms with van der Waals surface area (Å²) < 4.78 is 12.1. The summed E-state index contributed by atoms with van der Waals surface area (Å²) in [6.45, 7) is 1.17. The van der Waals surface area contributed by atoms with Crippen molar-refractivity contribution in [1.82, 2.24) is 9.97 Å². The van der Waals surface area contributed by atoms with E-state index in [4.69, 9.17) is 14.7 Å². The van der Waals surface area contributed by atoms with E-state index in [0.29, 0.717) is 24.7 Å². The molecule has 6 heteroatoms. The van der Waals surface area contributed by atoms with Gasteiger partial charge in [-0.2, -0.15) is 5.26 Å². The molecule has 1 saturated heterocycles. The Morgan fingerprint density at radius 3 is 2.76 bits per heavy atom. The van der Waals surface area contributed by atoms with Crippen LogP contribution in [-0.2, 0) is 9.47 Å². The zero-order valence-corrected chi connectivity index (χ0v) is 12.0. The smallest absolute Gasteiger partial charge is 0.182 e. The molecule has 1 aromatic heterocycles. The zero-order chi connectivity index (χ0) is 14.5. The maximum Gasteiger partial charge on any atom is 0.182 e. The van der Waals surface area contributed by atoms with Gasteiger partial charge in [-0.1, -0.05) is 12.8 Å². The van der Waals surface area contributed by atoms with Crippen molar-refractivity contribution in [1.29, 1.82) is 5.26 Å². The van der Waals surface area contributed by atoms with Crippen molar-refractivity contribution in [2.24, 2.45) is 0 Å². The fourth-order valence-electron chi connectivity index (χ4n) is 3.01. The first-order chi connectivity index (χ1) is 10.3. The van der Waals surface area contributed by atoms with Gasteiger partial charge in [-0.15, -0.1) is 0 Å². The number of nitrogens with one attached hydrogen (secondary N) is 1. The zero-order valence-electron chi connectivity index (χ0n) is 12.0. The van der Waals surface area contributed by atoms with Crippen molar-refractivity contribution in [2.45, 2.75) is 50.4 Å². The van der Waals surface area contributed by atoms with Gasteiger partial charge in [-0.25, -0.2) is 9.97 Å². The second-order valence-corrected chi connectivity index (χ2v) is 5.62. The van der Waals surface area contributed by atoms with E-state index in [2.05, 4.69) is 15.3 Å². The number of nitrogens with zero attached hydrogens (tertiary/aromatic N) is 3. The largest absolute Gasteiger partial charge is 0.365 e. The number of anilines is 1. The van der Waals surface area contributed by atoms with E-state index in [1.54, 1.807) is 6.20 Å². The highest BCUT2D eigenvalue weighted by molar-refractivity contribution is 5.46. The van der Waals surface area contributed by atoms with E-state index in [0.717, 1.165) is 12.8 Å². The Kier molecular flexibility index (Phi) is 4.32. The van der Waals surface area contributed by atoms with Crippen LogP contribution in [0.4, 0.5) is 5.82 Å². The lowest BCUT2D eigenvalue weighted by molar-refractivity contribution is -0.174. The highest BCUT2D eigenvalue weighted by Gasteiger charge is 2.41. The van der Waals surface area contributed by atoms with Crippen molar-refractivity contribution in [3.05, 3.63) is 18.1 Å². The monoisotopic (exact) mass is 288 g/mol. The van der Waals surface area contributed by atoms with Crippen LogP contribution in [0, 0.1) is 11.3 Å². The van der Waals surface area contributed by atoms with Gasteiger partial charge in [0, 0.05) is 31.8 Å². The maximum atomic E-state index is 8.99. The molecule has 1 atom stereocenters. The molecule has 2 aliphatic rings. The molecule has 1 N–H and O–H groups in total. The minimum absolute atomic E-state index is 0.00310. The SMILES string of the molecule is N#Cc1nccnc1NC[C@@H]1COC2(CCCCCC2)O1. The first kappa shape index (κ1) is 14.2. The molecule has 0 radical (unpaired) electrons. The van der Waals surface area contributed by atoms with Gasteiger partial charge < -0.3 is 14.8 Å². The highest BCUT2D eigenvalue weighted by Crippen LogP contribution is 2.36. The predicted octanol–water partition coefficient (Wildman–Crippen LogP) is 2.23. The van der Waals surface area contributed by atoms with Gasteiger partial charge in [0.05, 0.1) is 6.61 Å². The minimum atomic E-state index is -0.372. The minimum Gasteiger partial charge on any atom is -0.365 e. The average molecular weight is 288 g/mol. The molecule has 21 heavy (non-hydrogen) atoms. The van der Waals surface area contributed by atoms with Gasteiger partial charge in [-0.05, 0) is 12.8 Å². The standard InChI is InChI=1S/C15H20N4O2/c16-9-13-14(18-8-7-17-13)19-10-12-11-20-15(21-12)5-3-1-2-4-6-15/h7-8,12H,1-6,10-11H2,(H,18,19)/t12-/m1/s1. The average Bonchev–Trinajstić information content (AvgIpc) is 2.77. The lowest BCUT2D eigenvalue weighted by atomic mass is 10.1. The molecule has 2 fully saturated rings. The summed E-state index contributed by atoms with van der Waals surface area (Å²) in [4.78, 5) is 8.12. The molecule has 0 amide bonds. The summed E-state index contributed by atoms with van der Waals surface area (Å²) in [5.74, 6) is 0.133. The first-order valence-corrected chi connectivity index (χ1v) is 7.58. The molecule has 0 aromatic carbocycles. The van der Waals surface area contributed by atoms with Crippen LogP contribution in [-0.4, -0.2) is 35.0 Å². The second kappa shape index (κ2) is 6.37. The molecule has 112 valence electrons. The molecule has 0 bridgehead atoms. The third-order valence-electron chi connectivity index (χ3n) is 4.08. The first-order valence-electron chi connectivity index (χ1n) is 7.58. The molecule has 3 rings (SSSR count). The van der Waals surface area contributed by atoms with Crippen LogP contribution in [0.25, 0.3) is 0 Å². The van der Waals surface area contributed by atoms with Gasteiger partial charge in [0.25, 0.3) is 0 Å². The molecule has 1 aliphatic carbocycles. The molecule has 6 nitrogen and oxygen atoms in total. The molecule has 1 spiro atoms. The normalized spacial score (nSPS) is 24.4. The highest BCUT2D eigenvalue weighted by atomic mass is 16.7. The van der Waals surface area contributed by atoms with E-state index in [1.165, 1.54) is 31.9 Å². The van der Waals surface area contributed by atoms with Crippen LogP contribution in [0.1, 0.15) is 44.2 Å². The molecule has 0 unspecified atom stereocenters. The molecule has 1 aliphatic heterocycles. The lowest BCUT2D eigenvalue weighted by Crippen LogP contribution is -2.31. The van der Waals surface area contributed by atoms with Crippen LogP contribution in [0.2, 0.25) is 0 Å². The van der Waals surface area contributed by atoms with Crippen LogP contribution < -0.4 is 5.32 Å². The van der Waals surface area contributed by atoms with Gasteiger partial charge in [0.15, 0.2) is 17.3 Å². The van der Waals surface area contributed by atoms with Crippen molar-refractivity contribution in [3.63, 3.8) is 0 Å². The summed E-state index contributed by atoms with van der Waals surface area (Å²) in [5.41, 5.74) is 0.306. The number of rotatable bonds is 3. The van der Waals surface area contributed by atoms with Crippen molar-refractivity contribution < 1.29 is 9.47 Å².